The van der Waals surface area contributed by atoms with E-state index < -0.39 is 5.54 Å². The van der Waals surface area contributed by atoms with Crippen molar-refractivity contribution < 1.29 is 4.79 Å². The zero-order valence-corrected chi connectivity index (χ0v) is 16.8. The highest BCUT2D eigenvalue weighted by Crippen LogP contribution is 2.37. The molecule has 0 fully saturated rings. The fourth-order valence-electron chi connectivity index (χ4n) is 3.40. The van der Waals surface area contributed by atoms with Crippen LogP contribution in [0.1, 0.15) is 22.3 Å². The minimum atomic E-state index is -1.08. The second-order valence-electron chi connectivity index (χ2n) is 6.92. The number of benzene rings is 3. The van der Waals surface area contributed by atoms with Crippen molar-refractivity contribution in [3.05, 3.63) is 105 Å². The van der Waals surface area contributed by atoms with E-state index in [1.807, 2.05) is 67.6 Å². The van der Waals surface area contributed by atoms with Gasteiger partial charge in [0.25, 0.3) is 5.91 Å². The number of amidine groups is 1. The van der Waals surface area contributed by atoms with Crippen molar-refractivity contribution in [1.82, 2.24) is 5.32 Å². The average molecular weight is 409 g/mol. The van der Waals surface area contributed by atoms with E-state index in [1.165, 1.54) is 0 Å². The Hall–Kier alpha value is -2.62. The minimum absolute atomic E-state index is 0.166. The smallest absolute Gasteiger partial charge is 0.258 e. The van der Waals surface area contributed by atoms with Crippen LogP contribution in [0.25, 0.3) is 0 Å². The fraction of sp³-hybridized carbons (Fsp3) is 0.130. The molecule has 140 valence electrons. The van der Waals surface area contributed by atoms with Gasteiger partial charge < -0.3 is 5.32 Å². The predicted molar refractivity (Wildman–Crippen MR) is 114 cm³/mol. The van der Waals surface area contributed by atoms with Crippen LogP contribution in [0.4, 0.5) is 0 Å². The zero-order valence-electron chi connectivity index (χ0n) is 15.2. The molecule has 1 heterocycles. The third kappa shape index (κ3) is 3.44. The van der Waals surface area contributed by atoms with Gasteiger partial charge in [-0.3, -0.25) is 4.79 Å². The van der Waals surface area contributed by atoms with Gasteiger partial charge in [-0.2, -0.15) is 0 Å². The summed E-state index contributed by atoms with van der Waals surface area (Å²) in [6.45, 7) is 2.02. The number of nitrogens with one attached hydrogen (secondary N) is 1. The summed E-state index contributed by atoms with van der Waals surface area (Å²) >= 11 is 12.4. The third-order valence-electron chi connectivity index (χ3n) is 4.95. The van der Waals surface area contributed by atoms with Crippen LogP contribution in [-0.4, -0.2) is 11.7 Å². The number of carbonyl (C=O) groups is 1. The Morgan fingerprint density at radius 3 is 2.36 bits per heavy atom. The van der Waals surface area contributed by atoms with Gasteiger partial charge in [0, 0.05) is 22.0 Å². The molecule has 3 nitrogen and oxygen atoms in total. The van der Waals surface area contributed by atoms with E-state index in [0.717, 1.165) is 22.3 Å². The number of nitrogens with zero attached hydrogens (tertiary/aromatic N) is 1. The molecule has 0 aliphatic carbocycles. The van der Waals surface area contributed by atoms with Crippen molar-refractivity contribution in [1.29, 1.82) is 0 Å². The molecule has 1 aliphatic heterocycles. The zero-order chi connectivity index (χ0) is 19.7. The summed E-state index contributed by atoms with van der Waals surface area (Å²) in [7, 11) is 0. The lowest BCUT2D eigenvalue weighted by Crippen LogP contribution is -2.39. The van der Waals surface area contributed by atoms with Gasteiger partial charge in [0.05, 0.1) is 0 Å². The summed E-state index contributed by atoms with van der Waals surface area (Å²) < 4.78 is 0. The molecule has 1 aliphatic rings. The second kappa shape index (κ2) is 7.42. The Kier molecular flexibility index (Phi) is 4.96. The highest BCUT2D eigenvalue weighted by molar-refractivity contribution is 6.35. The van der Waals surface area contributed by atoms with Crippen LogP contribution in [0.5, 0.6) is 0 Å². The highest BCUT2D eigenvalue weighted by atomic mass is 35.5. The third-order valence-corrected chi connectivity index (χ3v) is 5.53. The van der Waals surface area contributed by atoms with Crippen molar-refractivity contribution in [2.45, 2.75) is 18.9 Å². The Morgan fingerprint density at radius 1 is 0.964 bits per heavy atom. The number of hydrogen-bond donors (Lipinski definition) is 1. The van der Waals surface area contributed by atoms with Crippen molar-refractivity contribution in [2.75, 3.05) is 0 Å². The molecule has 3 aromatic carbocycles. The number of amides is 1. The molecule has 1 atom stereocenters. The molecule has 0 bridgehead atoms. The predicted octanol–water partition coefficient (Wildman–Crippen LogP) is 5.32. The molecule has 1 N–H and O–H groups in total. The summed E-state index contributed by atoms with van der Waals surface area (Å²) in [5, 5.41) is 4.05. The first-order chi connectivity index (χ1) is 13.5. The first-order valence-electron chi connectivity index (χ1n) is 8.96. The van der Waals surface area contributed by atoms with Gasteiger partial charge in [0.15, 0.2) is 5.54 Å². The molecule has 0 saturated heterocycles. The summed E-state index contributed by atoms with van der Waals surface area (Å²) in [5.41, 5.74) is 2.58. The first kappa shape index (κ1) is 18.7. The monoisotopic (exact) mass is 408 g/mol. The molecule has 4 rings (SSSR count). The molecule has 0 saturated carbocycles. The van der Waals surface area contributed by atoms with E-state index in [1.54, 1.807) is 12.1 Å². The molecule has 1 amide bonds. The average Bonchev–Trinajstić information content (AvgIpc) is 3.03. The minimum Gasteiger partial charge on any atom is -0.308 e. The number of aryl methyl sites for hydroxylation is 1. The maximum atomic E-state index is 13.2. The van der Waals surface area contributed by atoms with Crippen molar-refractivity contribution in [2.24, 2.45) is 4.99 Å². The Bertz CT molecular complexity index is 1060. The van der Waals surface area contributed by atoms with Crippen LogP contribution in [-0.2, 0) is 16.8 Å². The summed E-state index contributed by atoms with van der Waals surface area (Å²) in [5.74, 6) is 0.402. The summed E-state index contributed by atoms with van der Waals surface area (Å²) in [6.07, 6.45) is 0.341. The van der Waals surface area contributed by atoms with E-state index >= 15 is 0 Å². The molecular weight excluding hydrogens is 391 g/mol. The van der Waals surface area contributed by atoms with Crippen LogP contribution in [0.15, 0.2) is 77.8 Å². The van der Waals surface area contributed by atoms with Gasteiger partial charge in [0.1, 0.15) is 5.84 Å². The van der Waals surface area contributed by atoms with Crippen LogP contribution in [0.3, 0.4) is 0 Å². The van der Waals surface area contributed by atoms with Gasteiger partial charge in [-0.1, -0.05) is 89.4 Å². The Morgan fingerprint density at radius 2 is 1.68 bits per heavy atom. The molecule has 0 radical (unpaired) electrons. The van der Waals surface area contributed by atoms with Gasteiger partial charge in [-0.05, 0) is 30.2 Å². The van der Waals surface area contributed by atoms with Crippen molar-refractivity contribution in [3.63, 3.8) is 0 Å². The second-order valence-corrected chi connectivity index (χ2v) is 7.76. The summed E-state index contributed by atoms with van der Waals surface area (Å²) in [6, 6.07) is 22.8. The molecule has 3 aromatic rings. The van der Waals surface area contributed by atoms with E-state index in [0.29, 0.717) is 22.3 Å². The first-order valence-corrected chi connectivity index (χ1v) is 9.71. The van der Waals surface area contributed by atoms with Gasteiger partial charge in [-0.15, -0.1) is 0 Å². The molecule has 0 aromatic heterocycles. The van der Waals surface area contributed by atoms with E-state index in [9.17, 15) is 4.79 Å². The van der Waals surface area contributed by atoms with E-state index in [4.69, 9.17) is 28.2 Å². The van der Waals surface area contributed by atoms with Crippen LogP contribution >= 0.6 is 23.2 Å². The van der Waals surface area contributed by atoms with E-state index in [2.05, 4.69) is 5.32 Å². The lowest BCUT2D eigenvalue weighted by Gasteiger charge is -2.24. The van der Waals surface area contributed by atoms with E-state index in [-0.39, 0.29) is 5.91 Å². The Balaban J connectivity index is 1.84. The van der Waals surface area contributed by atoms with Crippen LogP contribution < -0.4 is 5.32 Å². The number of hydrogen-bond acceptors (Lipinski definition) is 2. The molecular formula is C23H18Cl2N2O. The lowest BCUT2D eigenvalue weighted by atomic mass is 9.84. The highest BCUT2D eigenvalue weighted by Gasteiger charge is 2.45. The molecule has 0 spiro atoms. The maximum Gasteiger partial charge on any atom is 0.258 e. The van der Waals surface area contributed by atoms with Crippen LogP contribution in [0, 0.1) is 6.92 Å². The van der Waals surface area contributed by atoms with Crippen molar-refractivity contribution in [3.8, 4) is 0 Å². The summed E-state index contributed by atoms with van der Waals surface area (Å²) in [4.78, 5) is 18.1. The van der Waals surface area contributed by atoms with Gasteiger partial charge in [0.2, 0.25) is 0 Å². The molecule has 1 unspecified atom stereocenters. The molecule has 5 heteroatoms. The largest absolute Gasteiger partial charge is 0.308 e. The molecule has 28 heavy (non-hydrogen) atoms. The number of aliphatic imine (C=N–C) groups is 1. The topological polar surface area (TPSA) is 41.5 Å². The van der Waals surface area contributed by atoms with Crippen LogP contribution in [0.2, 0.25) is 10.0 Å². The quantitative estimate of drug-likeness (QED) is 0.623. The fourth-order valence-corrected chi connectivity index (χ4v) is 3.88. The number of halogens is 2. The standard InChI is InChI=1S/C23H18Cl2N2O/c1-15-7-9-16(10-8-15)21-26-22(28)23(27-21,18-5-3-2-4-6-18)14-17-11-12-19(24)13-20(17)25/h2-13H,14H2,1H3,(H,26,27,28). The lowest BCUT2D eigenvalue weighted by molar-refractivity contribution is -0.124. The number of rotatable bonds is 4. The van der Waals surface area contributed by atoms with Gasteiger partial charge >= 0.3 is 0 Å². The maximum absolute atomic E-state index is 13.2. The number of carbonyl (C=O) groups excluding carboxylic acids is 1. The van der Waals surface area contributed by atoms with Gasteiger partial charge in [-0.25, -0.2) is 4.99 Å². The SMILES string of the molecule is Cc1ccc(C2=NC(Cc3ccc(Cl)cc3Cl)(c3ccccc3)C(=O)N2)cc1. The Labute approximate surface area is 174 Å². The normalized spacial score (nSPS) is 18.7. The van der Waals surface area contributed by atoms with Crippen molar-refractivity contribution >= 4 is 34.9 Å².